The highest BCUT2D eigenvalue weighted by molar-refractivity contribution is 6.37. The molecule has 1 amide bonds. The number of carbonyl (C=O) groups excluding carboxylic acids is 1. The van der Waals surface area contributed by atoms with Crippen LogP contribution in [-0.4, -0.2) is 5.91 Å². The lowest BCUT2D eigenvalue weighted by molar-refractivity contribution is -0.136. The maximum absolute atomic E-state index is 13.0. The lowest BCUT2D eigenvalue weighted by Crippen LogP contribution is -2.17. The van der Waals surface area contributed by atoms with Gasteiger partial charge >= 0.3 is 6.18 Å². The number of nitrogens with one attached hydrogen (secondary N) is 1. The number of anilines is 1. The van der Waals surface area contributed by atoms with Gasteiger partial charge in [-0.1, -0.05) is 34.8 Å². The van der Waals surface area contributed by atoms with Crippen LogP contribution in [0.4, 0.5) is 18.9 Å². The van der Waals surface area contributed by atoms with Crippen molar-refractivity contribution in [2.45, 2.75) is 6.18 Å². The van der Waals surface area contributed by atoms with E-state index in [4.69, 9.17) is 34.8 Å². The van der Waals surface area contributed by atoms with Gasteiger partial charge in [0, 0.05) is 10.0 Å². The molecule has 2 aromatic carbocycles. The summed E-state index contributed by atoms with van der Waals surface area (Å²) in [5, 5.41) is 2.43. The molecule has 0 fully saturated rings. The fourth-order valence-corrected chi connectivity index (χ4v) is 2.39. The van der Waals surface area contributed by atoms with Gasteiger partial charge in [0.15, 0.2) is 0 Å². The minimum absolute atomic E-state index is 0.00846. The van der Waals surface area contributed by atoms with E-state index in [0.29, 0.717) is 5.02 Å². The fourth-order valence-electron chi connectivity index (χ4n) is 1.72. The Kier molecular flexibility index (Phi) is 4.90. The molecule has 0 aliphatic carbocycles. The van der Waals surface area contributed by atoms with Gasteiger partial charge in [-0.3, -0.25) is 4.79 Å². The molecule has 0 heterocycles. The Morgan fingerprint density at radius 2 is 1.55 bits per heavy atom. The highest BCUT2D eigenvalue weighted by atomic mass is 35.5. The van der Waals surface area contributed by atoms with Crippen LogP contribution in [0.3, 0.4) is 0 Å². The fraction of sp³-hybridized carbons (Fsp3) is 0.0714. The van der Waals surface area contributed by atoms with Gasteiger partial charge in [0.25, 0.3) is 5.91 Å². The second-order valence-electron chi connectivity index (χ2n) is 4.27. The van der Waals surface area contributed by atoms with Crippen molar-refractivity contribution in [3.8, 4) is 0 Å². The Balaban J connectivity index is 2.36. The van der Waals surface area contributed by atoms with Gasteiger partial charge in [-0.15, -0.1) is 0 Å². The number of amides is 1. The van der Waals surface area contributed by atoms with Gasteiger partial charge in [0.2, 0.25) is 0 Å². The number of benzene rings is 2. The largest absolute Gasteiger partial charge is 0.418 e. The number of halogens is 6. The summed E-state index contributed by atoms with van der Waals surface area (Å²) in [6, 6.07) is 7.12. The normalized spacial score (nSPS) is 11.4. The third kappa shape index (κ3) is 3.85. The Hall–Kier alpha value is -1.43. The highest BCUT2D eigenvalue weighted by Crippen LogP contribution is 2.36. The van der Waals surface area contributed by atoms with Crippen LogP contribution in [-0.2, 0) is 6.18 Å². The Bertz CT molecular complexity index is 732. The number of hydrogen-bond acceptors (Lipinski definition) is 1. The molecule has 0 saturated carbocycles. The average Bonchev–Trinajstić information content (AvgIpc) is 2.39. The molecule has 0 aliphatic heterocycles. The van der Waals surface area contributed by atoms with E-state index in [2.05, 4.69) is 5.32 Å². The van der Waals surface area contributed by atoms with Crippen molar-refractivity contribution in [1.82, 2.24) is 0 Å². The maximum atomic E-state index is 13.0. The summed E-state index contributed by atoms with van der Waals surface area (Å²) in [5.74, 6) is -0.783. The lowest BCUT2D eigenvalue weighted by atomic mass is 10.1. The van der Waals surface area contributed by atoms with Gasteiger partial charge in [-0.25, -0.2) is 0 Å². The minimum Gasteiger partial charge on any atom is -0.321 e. The van der Waals surface area contributed by atoms with Crippen molar-refractivity contribution in [3.63, 3.8) is 0 Å². The van der Waals surface area contributed by atoms with Crippen molar-refractivity contribution in [3.05, 3.63) is 62.6 Å². The summed E-state index contributed by atoms with van der Waals surface area (Å²) in [6.45, 7) is 0. The maximum Gasteiger partial charge on any atom is 0.418 e. The molecule has 0 unspecified atom stereocenters. The molecule has 116 valence electrons. The molecule has 0 aromatic heterocycles. The first kappa shape index (κ1) is 16.9. The quantitative estimate of drug-likeness (QED) is 0.700. The van der Waals surface area contributed by atoms with Gasteiger partial charge < -0.3 is 5.32 Å². The molecule has 0 spiro atoms. The van der Waals surface area contributed by atoms with Gasteiger partial charge in [-0.2, -0.15) is 13.2 Å². The van der Waals surface area contributed by atoms with Crippen LogP contribution in [0.5, 0.6) is 0 Å². The van der Waals surface area contributed by atoms with E-state index in [1.807, 2.05) is 0 Å². The molecule has 0 saturated heterocycles. The molecule has 2 aromatic rings. The van der Waals surface area contributed by atoms with Gasteiger partial charge in [0.1, 0.15) is 0 Å². The van der Waals surface area contributed by atoms with Crippen LogP contribution in [0.25, 0.3) is 0 Å². The summed E-state index contributed by atoms with van der Waals surface area (Å²) >= 11 is 17.1. The van der Waals surface area contributed by atoms with E-state index in [9.17, 15) is 18.0 Å². The predicted octanol–water partition coefficient (Wildman–Crippen LogP) is 5.92. The summed E-state index contributed by atoms with van der Waals surface area (Å²) in [4.78, 5) is 12.1. The second kappa shape index (κ2) is 6.36. The van der Waals surface area contributed by atoms with Crippen molar-refractivity contribution < 1.29 is 18.0 Å². The molecule has 8 heteroatoms. The summed E-state index contributed by atoms with van der Waals surface area (Å²) in [6.07, 6.45) is -4.66. The van der Waals surface area contributed by atoms with E-state index in [1.165, 1.54) is 24.3 Å². The number of rotatable bonds is 2. The minimum atomic E-state index is -4.66. The van der Waals surface area contributed by atoms with Crippen molar-refractivity contribution >= 4 is 46.4 Å². The van der Waals surface area contributed by atoms with E-state index < -0.39 is 23.3 Å². The second-order valence-corrected chi connectivity index (χ2v) is 5.55. The van der Waals surface area contributed by atoms with E-state index in [-0.39, 0.29) is 15.6 Å². The Labute approximate surface area is 138 Å². The third-order valence-corrected chi connectivity index (χ3v) is 3.49. The molecule has 2 rings (SSSR count). The molecule has 0 bridgehead atoms. The van der Waals surface area contributed by atoms with Crippen LogP contribution < -0.4 is 5.32 Å². The topological polar surface area (TPSA) is 29.1 Å². The average molecular weight is 369 g/mol. The zero-order valence-electron chi connectivity index (χ0n) is 10.6. The smallest absolute Gasteiger partial charge is 0.321 e. The van der Waals surface area contributed by atoms with Gasteiger partial charge in [-0.05, 0) is 36.4 Å². The molecule has 0 radical (unpaired) electrons. The summed E-state index contributed by atoms with van der Waals surface area (Å²) in [5.41, 5.74) is -1.44. The van der Waals surface area contributed by atoms with Crippen LogP contribution >= 0.6 is 34.8 Å². The lowest BCUT2D eigenvalue weighted by Gasteiger charge is -2.14. The Morgan fingerprint density at radius 3 is 2.14 bits per heavy atom. The standard InChI is InChI=1S/C14H7Cl3F3NO/c15-7-2-4-12(10(5-7)14(18,19)20)21-13(22)9-3-1-8(16)6-11(9)17/h1-6H,(H,21,22). The van der Waals surface area contributed by atoms with Crippen LogP contribution in [0, 0.1) is 0 Å². The summed E-state index contributed by atoms with van der Waals surface area (Å²) in [7, 11) is 0. The van der Waals surface area contributed by atoms with Crippen LogP contribution in [0.2, 0.25) is 15.1 Å². The molecular formula is C14H7Cl3F3NO. The van der Waals surface area contributed by atoms with Crippen LogP contribution in [0.1, 0.15) is 15.9 Å². The van der Waals surface area contributed by atoms with Crippen molar-refractivity contribution in [2.24, 2.45) is 0 Å². The third-order valence-electron chi connectivity index (χ3n) is 2.71. The molecule has 22 heavy (non-hydrogen) atoms. The van der Waals surface area contributed by atoms with E-state index in [1.54, 1.807) is 0 Å². The highest BCUT2D eigenvalue weighted by Gasteiger charge is 2.34. The monoisotopic (exact) mass is 367 g/mol. The SMILES string of the molecule is O=C(Nc1ccc(Cl)cc1C(F)(F)F)c1ccc(Cl)cc1Cl. The summed E-state index contributed by atoms with van der Waals surface area (Å²) < 4.78 is 38.9. The first-order valence-corrected chi connectivity index (χ1v) is 6.95. The molecule has 2 nitrogen and oxygen atoms in total. The molecular weight excluding hydrogens is 362 g/mol. The first-order chi connectivity index (χ1) is 10.2. The number of alkyl halides is 3. The zero-order valence-corrected chi connectivity index (χ0v) is 12.9. The number of carbonyl (C=O) groups is 1. The van der Waals surface area contributed by atoms with Gasteiger partial charge in [0.05, 0.1) is 21.8 Å². The van der Waals surface area contributed by atoms with Crippen LogP contribution in [0.15, 0.2) is 36.4 Å². The zero-order chi connectivity index (χ0) is 16.5. The van der Waals surface area contributed by atoms with E-state index >= 15 is 0 Å². The van der Waals surface area contributed by atoms with E-state index in [0.717, 1.165) is 12.1 Å². The Morgan fingerprint density at radius 1 is 0.955 bits per heavy atom. The predicted molar refractivity (Wildman–Crippen MR) is 80.9 cm³/mol. The number of hydrogen-bond donors (Lipinski definition) is 1. The van der Waals surface area contributed by atoms with Crippen molar-refractivity contribution in [2.75, 3.05) is 5.32 Å². The molecule has 0 atom stereocenters. The van der Waals surface area contributed by atoms with Crippen molar-refractivity contribution in [1.29, 1.82) is 0 Å². The molecule has 0 aliphatic rings. The molecule has 1 N–H and O–H groups in total. The first-order valence-electron chi connectivity index (χ1n) is 5.81.